The van der Waals surface area contributed by atoms with E-state index in [2.05, 4.69) is 15.5 Å². The van der Waals surface area contributed by atoms with Gasteiger partial charge >= 0.3 is 0 Å². The number of carbonyl (C=O) groups is 1. The fourth-order valence-electron chi connectivity index (χ4n) is 2.94. The quantitative estimate of drug-likeness (QED) is 0.473. The fourth-order valence-corrected chi connectivity index (χ4v) is 4.44. The lowest BCUT2D eigenvalue weighted by atomic mass is 10.2. The Hall–Kier alpha value is -2.97. The zero-order valence-corrected chi connectivity index (χ0v) is 16.5. The van der Waals surface area contributed by atoms with Gasteiger partial charge in [0.05, 0.1) is 11.1 Å². The van der Waals surface area contributed by atoms with E-state index in [-0.39, 0.29) is 10.5 Å². The zero-order chi connectivity index (χ0) is 20.1. The van der Waals surface area contributed by atoms with Crippen molar-refractivity contribution in [2.45, 2.75) is 18.7 Å². The van der Waals surface area contributed by atoms with Gasteiger partial charge in [-0.25, -0.2) is 13.8 Å². The van der Waals surface area contributed by atoms with Crippen LogP contribution in [0.1, 0.15) is 29.8 Å². The minimum Gasteiger partial charge on any atom is -0.361 e. The molecule has 0 bridgehead atoms. The Bertz CT molecular complexity index is 1120. The average molecular weight is 398 g/mol. The molecular formula is C20H22N4O3S. The first-order valence-electron chi connectivity index (χ1n) is 8.97. The maximum Gasteiger partial charge on any atom is 0.271 e. The molecule has 0 fully saturated rings. The van der Waals surface area contributed by atoms with Gasteiger partial charge in [0, 0.05) is 41.3 Å². The van der Waals surface area contributed by atoms with E-state index in [9.17, 15) is 13.2 Å². The number of benzene rings is 2. The molecule has 3 rings (SSSR count). The van der Waals surface area contributed by atoms with Crippen molar-refractivity contribution in [3.63, 3.8) is 0 Å². The number of carbonyl (C=O) groups excluding carboxylic acids is 1. The van der Waals surface area contributed by atoms with E-state index in [1.807, 2.05) is 24.3 Å². The molecule has 0 aliphatic carbocycles. The summed E-state index contributed by atoms with van der Waals surface area (Å²) >= 11 is 0. The summed E-state index contributed by atoms with van der Waals surface area (Å²) in [6, 6.07) is 13.7. The van der Waals surface area contributed by atoms with Gasteiger partial charge in [-0.1, -0.05) is 38.1 Å². The Morgan fingerprint density at radius 1 is 1.14 bits per heavy atom. The Morgan fingerprint density at radius 2 is 1.89 bits per heavy atom. The summed E-state index contributed by atoms with van der Waals surface area (Å²) in [5.41, 5.74) is 4.49. The van der Waals surface area contributed by atoms with Crippen molar-refractivity contribution in [3.05, 3.63) is 65.9 Å². The van der Waals surface area contributed by atoms with Gasteiger partial charge in [0.15, 0.2) is 0 Å². The van der Waals surface area contributed by atoms with Crippen LogP contribution in [0.15, 0.2) is 64.7 Å². The molecule has 0 unspecified atom stereocenters. The fraction of sp³-hybridized carbons (Fsp3) is 0.200. The molecule has 0 aliphatic rings. The van der Waals surface area contributed by atoms with Crippen LogP contribution in [-0.2, 0) is 10.0 Å². The van der Waals surface area contributed by atoms with Gasteiger partial charge in [0.1, 0.15) is 0 Å². The minimum atomic E-state index is -3.63. The van der Waals surface area contributed by atoms with Crippen molar-refractivity contribution < 1.29 is 13.2 Å². The highest BCUT2D eigenvalue weighted by Gasteiger charge is 2.22. The topological polar surface area (TPSA) is 94.6 Å². The third kappa shape index (κ3) is 3.97. The molecule has 3 aromatic rings. The Kier molecular flexibility index (Phi) is 5.91. The summed E-state index contributed by atoms with van der Waals surface area (Å²) in [6.45, 7) is 4.28. The molecule has 0 saturated heterocycles. The normalized spacial score (nSPS) is 12.1. The second kappa shape index (κ2) is 8.37. The van der Waals surface area contributed by atoms with Gasteiger partial charge in [-0.2, -0.15) is 9.41 Å². The number of H-pyrrole nitrogens is 1. The third-order valence-corrected chi connectivity index (χ3v) is 6.48. The SMILES string of the molecule is CCN(CC)S(=O)(=O)c1cccc(C(=O)N/N=C/c2c[nH]c3ccccc23)c1. The number of nitrogens with zero attached hydrogens (tertiary/aromatic N) is 2. The van der Waals surface area contributed by atoms with Gasteiger partial charge in [-0.3, -0.25) is 4.79 Å². The van der Waals surface area contributed by atoms with Gasteiger partial charge in [-0.15, -0.1) is 0 Å². The second-order valence-corrected chi connectivity index (χ2v) is 8.04. The van der Waals surface area contributed by atoms with Gasteiger partial charge in [-0.05, 0) is 24.3 Å². The van der Waals surface area contributed by atoms with Crippen molar-refractivity contribution in [1.82, 2.24) is 14.7 Å². The zero-order valence-electron chi connectivity index (χ0n) is 15.7. The van der Waals surface area contributed by atoms with E-state index in [0.29, 0.717) is 13.1 Å². The van der Waals surface area contributed by atoms with Crippen LogP contribution < -0.4 is 5.43 Å². The standard InChI is InChI=1S/C20H22N4O3S/c1-3-24(4-2)28(26,27)17-9-7-8-15(12-17)20(25)23-22-14-16-13-21-19-11-6-5-10-18(16)19/h5-14,21H,3-4H2,1-2H3,(H,23,25)/b22-14+. The molecule has 0 aliphatic heterocycles. The number of amides is 1. The summed E-state index contributed by atoms with van der Waals surface area (Å²) in [4.78, 5) is 15.6. The highest BCUT2D eigenvalue weighted by molar-refractivity contribution is 7.89. The first-order valence-corrected chi connectivity index (χ1v) is 10.4. The minimum absolute atomic E-state index is 0.0875. The van der Waals surface area contributed by atoms with Crippen LogP contribution in [0, 0.1) is 0 Å². The predicted molar refractivity (Wildman–Crippen MR) is 110 cm³/mol. The van der Waals surface area contributed by atoms with E-state index < -0.39 is 15.9 Å². The molecule has 1 heterocycles. The number of para-hydroxylation sites is 1. The van der Waals surface area contributed by atoms with Crippen LogP contribution in [-0.4, -0.2) is 42.9 Å². The van der Waals surface area contributed by atoms with Crippen molar-refractivity contribution in [1.29, 1.82) is 0 Å². The number of hydrazone groups is 1. The van der Waals surface area contributed by atoms with Crippen molar-refractivity contribution in [3.8, 4) is 0 Å². The Balaban J connectivity index is 1.76. The molecule has 0 atom stereocenters. The number of rotatable bonds is 7. The first-order chi connectivity index (χ1) is 13.5. The number of sulfonamides is 1. The molecule has 8 heteroatoms. The summed E-state index contributed by atoms with van der Waals surface area (Å²) < 4.78 is 26.6. The van der Waals surface area contributed by atoms with Crippen LogP contribution in [0.2, 0.25) is 0 Å². The summed E-state index contributed by atoms with van der Waals surface area (Å²) in [6.07, 6.45) is 3.35. The van der Waals surface area contributed by atoms with E-state index in [1.54, 1.807) is 38.4 Å². The highest BCUT2D eigenvalue weighted by atomic mass is 32.2. The summed E-state index contributed by atoms with van der Waals surface area (Å²) in [5.74, 6) is -0.479. The third-order valence-electron chi connectivity index (χ3n) is 4.43. The summed E-state index contributed by atoms with van der Waals surface area (Å²) in [5, 5.41) is 4.99. The van der Waals surface area contributed by atoms with Crippen LogP contribution >= 0.6 is 0 Å². The lowest BCUT2D eigenvalue weighted by Gasteiger charge is -2.18. The smallest absolute Gasteiger partial charge is 0.271 e. The van der Waals surface area contributed by atoms with Gasteiger partial charge < -0.3 is 4.98 Å². The predicted octanol–water partition coefficient (Wildman–Crippen LogP) is 2.96. The second-order valence-electron chi connectivity index (χ2n) is 6.11. The molecular weight excluding hydrogens is 376 g/mol. The van der Waals surface area contributed by atoms with E-state index >= 15 is 0 Å². The molecule has 2 aromatic carbocycles. The van der Waals surface area contributed by atoms with Crippen LogP contribution in [0.5, 0.6) is 0 Å². The van der Waals surface area contributed by atoms with Gasteiger partial charge in [0.2, 0.25) is 10.0 Å². The Morgan fingerprint density at radius 3 is 2.64 bits per heavy atom. The van der Waals surface area contributed by atoms with Crippen LogP contribution in [0.3, 0.4) is 0 Å². The van der Waals surface area contributed by atoms with E-state index in [1.165, 1.54) is 16.4 Å². The molecule has 0 saturated carbocycles. The maximum atomic E-state index is 12.6. The molecule has 7 nitrogen and oxygen atoms in total. The molecule has 1 aromatic heterocycles. The number of fused-ring (bicyclic) bond motifs is 1. The van der Waals surface area contributed by atoms with Crippen molar-refractivity contribution in [2.24, 2.45) is 5.10 Å². The van der Waals surface area contributed by atoms with Crippen molar-refractivity contribution >= 4 is 33.0 Å². The molecule has 0 spiro atoms. The van der Waals surface area contributed by atoms with Gasteiger partial charge in [0.25, 0.3) is 5.91 Å². The average Bonchev–Trinajstić information content (AvgIpc) is 3.12. The van der Waals surface area contributed by atoms with E-state index in [0.717, 1.165) is 16.5 Å². The number of aromatic amines is 1. The maximum absolute atomic E-state index is 12.6. The number of nitrogens with one attached hydrogen (secondary N) is 2. The number of hydrogen-bond donors (Lipinski definition) is 2. The molecule has 28 heavy (non-hydrogen) atoms. The van der Waals surface area contributed by atoms with E-state index in [4.69, 9.17) is 0 Å². The lowest BCUT2D eigenvalue weighted by molar-refractivity contribution is 0.0955. The summed E-state index contributed by atoms with van der Waals surface area (Å²) in [7, 11) is -3.63. The van der Waals surface area contributed by atoms with Crippen LogP contribution in [0.25, 0.3) is 10.9 Å². The van der Waals surface area contributed by atoms with Crippen LogP contribution in [0.4, 0.5) is 0 Å². The number of hydrogen-bond acceptors (Lipinski definition) is 4. The molecule has 146 valence electrons. The first kappa shape index (κ1) is 19.8. The van der Waals surface area contributed by atoms with Crippen molar-refractivity contribution in [2.75, 3.05) is 13.1 Å². The highest BCUT2D eigenvalue weighted by Crippen LogP contribution is 2.17. The molecule has 2 N–H and O–H groups in total. The monoisotopic (exact) mass is 398 g/mol. The number of aromatic nitrogens is 1. The molecule has 0 radical (unpaired) electrons. The molecule has 1 amide bonds. The lowest BCUT2D eigenvalue weighted by Crippen LogP contribution is -2.30. The Labute approximate surface area is 164 Å². The largest absolute Gasteiger partial charge is 0.361 e.